The third-order valence-electron chi connectivity index (χ3n) is 2.49. The highest BCUT2D eigenvalue weighted by atomic mass is 79.9. The molecule has 0 spiro atoms. The molecule has 0 radical (unpaired) electrons. The molecule has 1 aromatic carbocycles. The number of unbranched alkanes of at least 4 members (excludes halogenated alkanes) is 1. The number of alkyl halides is 4. The van der Waals surface area contributed by atoms with Crippen LogP contribution in [0.4, 0.5) is 13.2 Å². The van der Waals surface area contributed by atoms with Crippen LogP contribution in [0.5, 0.6) is 5.75 Å². The quantitative estimate of drug-likeness (QED) is 0.687. The summed E-state index contributed by atoms with van der Waals surface area (Å²) in [5, 5.41) is 0. The van der Waals surface area contributed by atoms with Crippen molar-refractivity contribution in [2.24, 2.45) is 0 Å². The predicted octanol–water partition coefficient (Wildman–Crippen LogP) is 4.73. The minimum absolute atomic E-state index is 0.419. The number of halogens is 4. The van der Waals surface area contributed by atoms with E-state index in [-0.39, 0.29) is 0 Å². The van der Waals surface area contributed by atoms with E-state index >= 15 is 0 Å². The average molecular weight is 325 g/mol. The summed E-state index contributed by atoms with van der Waals surface area (Å²) in [5.41, 5.74) is 1.18. The Labute approximate surface area is 113 Å². The zero-order valence-corrected chi connectivity index (χ0v) is 11.7. The normalized spacial score (nSPS) is 13.4. The Morgan fingerprint density at radius 2 is 1.83 bits per heavy atom. The third-order valence-corrected chi connectivity index (χ3v) is 3.28. The fourth-order valence-electron chi connectivity index (χ4n) is 1.40. The van der Waals surface area contributed by atoms with E-state index in [2.05, 4.69) is 22.9 Å². The fourth-order valence-corrected chi connectivity index (χ4v) is 1.53. The molecule has 0 saturated heterocycles. The van der Waals surface area contributed by atoms with E-state index < -0.39 is 17.6 Å². The standard InChI is InChI=1S/C13H16BrF3O/c1-2-3-4-10-5-7-11(8-6-10)18-9-12(14)13(15,16)17/h5-8,12H,2-4,9H2,1H3. The lowest BCUT2D eigenvalue weighted by Crippen LogP contribution is -2.28. The van der Waals surface area contributed by atoms with Gasteiger partial charge in [-0.3, -0.25) is 0 Å². The van der Waals surface area contributed by atoms with E-state index in [1.54, 1.807) is 12.1 Å². The Morgan fingerprint density at radius 1 is 1.22 bits per heavy atom. The summed E-state index contributed by atoms with van der Waals surface area (Å²) in [4.78, 5) is -1.63. The van der Waals surface area contributed by atoms with Gasteiger partial charge in [0.1, 0.15) is 17.2 Å². The summed E-state index contributed by atoms with van der Waals surface area (Å²) in [7, 11) is 0. The maximum atomic E-state index is 12.2. The lowest BCUT2D eigenvalue weighted by molar-refractivity contribution is -0.132. The summed E-state index contributed by atoms with van der Waals surface area (Å²) >= 11 is 2.55. The lowest BCUT2D eigenvalue weighted by Gasteiger charge is -2.14. The largest absolute Gasteiger partial charge is 0.492 e. The van der Waals surface area contributed by atoms with Crippen LogP contribution >= 0.6 is 15.9 Å². The second-order valence-electron chi connectivity index (χ2n) is 4.07. The van der Waals surface area contributed by atoms with Crippen LogP contribution < -0.4 is 4.74 Å². The summed E-state index contributed by atoms with van der Waals surface area (Å²) in [6.07, 6.45) is -1.06. The molecule has 0 amide bonds. The Bertz CT molecular complexity index is 348. The van der Waals surface area contributed by atoms with Gasteiger partial charge < -0.3 is 4.74 Å². The molecule has 1 unspecified atom stereocenters. The number of ether oxygens (including phenoxy) is 1. The van der Waals surface area contributed by atoms with Crippen LogP contribution in [-0.2, 0) is 6.42 Å². The van der Waals surface area contributed by atoms with Crippen molar-refractivity contribution < 1.29 is 17.9 Å². The topological polar surface area (TPSA) is 9.23 Å². The fraction of sp³-hybridized carbons (Fsp3) is 0.538. The Morgan fingerprint density at radius 3 is 2.33 bits per heavy atom. The van der Waals surface area contributed by atoms with E-state index in [0.29, 0.717) is 5.75 Å². The molecule has 0 bridgehead atoms. The van der Waals surface area contributed by atoms with E-state index in [0.717, 1.165) is 19.3 Å². The van der Waals surface area contributed by atoms with Crippen LogP contribution in [0, 0.1) is 0 Å². The summed E-state index contributed by atoms with van der Waals surface area (Å²) < 4.78 is 41.8. The van der Waals surface area contributed by atoms with Gasteiger partial charge in [0, 0.05) is 0 Å². The van der Waals surface area contributed by atoms with Crippen molar-refractivity contribution in [1.29, 1.82) is 0 Å². The van der Waals surface area contributed by atoms with Gasteiger partial charge in [-0.15, -0.1) is 0 Å². The van der Waals surface area contributed by atoms with Crippen LogP contribution in [-0.4, -0.2) is 17.6 Å². The molecule has 1 atom stereocenters. The molecule has 18 heavy (non-hydrogen) atoms. The lowest BCUT2D eigenvalue weighted by atomic mass is 10.1. The number of rotatable bonds is 6. The maximum Gasteiger partial charge on any atom is 0.404 e. The van der Waals surface area contributed by atoms with Gasteiger partial charge in [0.05, 0.1) is 0 Å². The van der Waals surface area contributed by atoms with Crippen molar-refractivity contribution in [1.82, 2.24) is 0 Å². The minimum Gasteiger partial charge on any atom is -0.492 e. The number of hydrogen-bond acceptors (Lipinski definition) is 1. The molecule has 0 N–H and O–H groups in total. The van der Waals surface area contributed by atoms with E-state index in [4.69, 9.17) is 4.74 Å². The van der Waals surface area contributed by atoms with Crippen LogP contribution in [0.2, 0.25) is 0 Å². The molecular weight excluding hydrogens is 309 g/mol. The Balaban J connectivity index is 2.44. The molecule has 0 aliphatic carbocycles. The molecule has 1 nitrogen and oxygen atoms in total. The molecule has 0 aliphatic heterocycles. The van der Waals surface area contributed by atoms with Gasteiger partial charge in [-0.05, 0) is 30.5 Å². The SMILES string of the molecule is CCCCc1ccc(OCC(Br)C(F)(F)F)cc1. The van der Waals surface area contributed by atoms with E-state index in [1.165, 1.54) is 5.56 Å². The van der Waals surface area contributed by atoms with E-state index in [9.17, 15) is 13.2 Å². The van der Waals surface area contributed by atoms with Gasteiger partial charge in [-0.1, -0.05) is 41.4 Å². The second-order valence-corrected chi connectivity index (χ2v) is 5.17. The van der Waals surface area contributed by atoms with Crippen molar-refractivity contribution in [2.45, 2.75) is 37.2 Å². The summed E-state index contributed by atoms with van der Waals surface area (Å²) in [6.45, 7) is 1.70. The van der Waals surface area contributed by atoms with Crippen molar-refractivity contribution in [2.75, 3.05) is 6.61 Å². The van der Waals surface area contributed by atoms with Gasteiger partial charge in [0.15, 0.2) is 0 Å². The molecule has 0 aromatic heterocycles. The van der Waals surface area contributed by atoms with Crippen LogP contribution in [0.3, 0.4) is 0 Å². The Hall–Kier alpha value is -0.710. The molecule has 102 valence electrons. The molecule has 0 heterocycles. The smallest absolute Gasteiger partial charge is 0.404 e. The van der Waals surface area contributed by atoms with Crippen LogP contribution in [0.15, 0.2) is 24.3 Å². The number of hydrogen-bond donors (Lipinski definition) is 0. The predicted molar refractivity (Wildman–Crippen MR) is 69.3 cm³/mol. The van der Waals surface area contributed by atoms with Crippen LogP contribution in [0.25, 0.3) is 0 Å². The van der Waals surface area contributed by atoms with Gasteiger partial charge in [0.25, 0.3) is 0 Å². The zero-order valence-electron chi connectivity index (χ0n) is 10.1. The molecule has 0 fully saturated rings. The maximum absolute atomic E-state index is 12.2. The highest BCUT2D eigenvalue weighted by Gasteiger charge is 2.38. The molecule has 0 saturated carbocycles. The first-order valence-corrected chi connectivity index (χ1v) is 6.77. The first-order valence-electron chi connectivity index (χ1n) is 5.86. The highest BCUT2D eigenvalue weighted by Crippen LogP contribution is 2.27. The number of aryl methyl sites for hydroxylation is 1. The zero-order chi connectivity index (χ0) is 13.6. The molecule has 0 aliphatic rings. The first kappa shape index (κ1) is 15.3. The molecular formula is C13H16BrF3O. The summed E-state index contributed by atoms with van der Waals surface area (Å²) in [6, 6.07) is 7.20. The van der Waals surface area contributed by atoms with Crippen molar-refractivity contribution >= 4 is 15.9 Å². The van der Waals surface area contributed by atoms with Crippen LogP contribution in [0.1, 0.15) is 25.3 Å². The summed E-state index contributed by atoms with van der Waals surface area (Å²) in [5.74, 6) is 0.462. The molecule has 1 rings (SSSR count). The van der Waals surface area contributed by atoms with Gasteiger partial charge >= 0.3 is 6.18 Å². The average Bonchev–Trinajstić information content (AvgIpc) is 2.33. The molecule has 1 aromatic rings. The third kappa shape index (κ3) is 5.29. The Kier molecular flexibility index (Phi) is 5.99. The minimum atomic E-state index is -4.28. The van der Waals surface area contributed by atoms with Gasteiger partial charge in [-0.2, -0.15) is 13.2 Å². The first-order chi connectivity index (χ1) is 8.43. The van der Waals surface area contributed by atoms with Gasteiger partial charge in [-0.25, -0.2) is 0 Å². The van der Waals surface area contributed by atoms with Crippen molar-refractivity contribution in [3.05, 3.63) is 29.8 Å². The van der Waals surface area contributed by atoms with Gasteiger partial charge in [0.2, 0.25) is 0 Å². The number of benzene rings is 1. The molecule has 5 heteroatoms. The van der Waals surface area contributed by atoms with E-state index in [1.807, 2.05) is 12.1 Å². The second kappa shape index (κ2) is 7.02. The monoisotopic (exact) mass is 324 g/mol. The highest BCUT2D eigenvalue weighted by molar-refractivity contribution is 9.09. The van der Waals surface area contributed by atoms with Crippen molar-refractivity contribution in [3.63, 3.8) is 0 Å². The van der Waals surface area contributed by atoms with Crippen molar-refractivity contribution in [3.8, 4) is 5.75 Å².